The van der Waals surface area contributed by atoms with Crippen molar-refractivity contribution in [1.82, 2.24) is 25.2 Å². The summed E-state index contributed by atoms with van der Waals surface area (Å²) in [5, 5.41) is 13.4. The number of aromatic nitrogens is 4. The van der Waals surface area contributed by atoms with Gasteiger partial charge in [-0.25, -0.2) is 5.43 Å². The molecule has 2 aromatic heterocycles. The lowest BCUT2D eigenvalue weighted by atomic mass is 9.87. The number of hydrazone groups is 1. The van der Waals surface area contributed by atoms with Crippen LogP contribution in [-0.2, 0) is 10.2 Å². The molecule has 2 heterocycles. The molecule has 1 amide bonds. The van der Waals surface area contributed by atoms with Crippen molar-refractivity contribution in [3.63, 3.8) is 0 Å². The van der Waals surface area contributed by atoms with Crippen LogP contribution in [0.4, 0.5) is 0 Å². The highest BCUT2D eigenvalue weighted by molar-refractivity contribution is 7.99. The van der Waals surface area contributed by atoms with Crippen molar-refractivity contribution in [2.75, 3.05) is 12.4 Å². The lowest BCUT2D eigenvalue weighted by molar-refractivity contribution is -0.118. The normalized spacial score (nSPS) is 11.6. The molecule has 0 aliphatic heterocycles. The van der Waals surface area contributed by atoms with Gasteiger partial charge in [0.1, 0.15) is 5.75 Å². The summed E-state index contributed by atoms with van der Waals surface area (Å²) in [6.07, 6.45) is 5.08. The van der Waals surface area contributed by atoms with Crippen molar-refractivity contribution in [3.05, 3.63) is 84.2 Å². The first-order chi connectivity index (χ1) is 17.8. The Morgan fingerprint density at radius 1 is 1.08 bits per heavy atom. The molecule has 2 aromatic carbocycles. The van der Waals surface area contributed by atoms with E-state index in [1.54, 1.807) is 18.6 Å². The molecule has 0 aliphatic carbocycles. The highest BCUT2D eigenvalue weighted by Gasteiger charge is 2.18. The van der Waals surface area contributed by atoms with E-state index in [1.807, 2.05) is 60.0 Å². The summed E-state index contributed by atoms with van der Waals surface area (Å²) in [5.41, 5.74) is 6.51. The van der Waals surface area contributed by atoms with Gasteiger partial charge in [-0.15, -0.1) is 10.2 Å². The van der Waals surface area contributed by atoms with Crippen molar-refractivity contribution >= 4 is 23.9 Å². The number of hydrogen-bond acceptors (Lipinski definition) is 7. The van der Waals surface area contributed by atoms with E-state index in [2.05, 4.69) is 58.6 Å². The van der Waals surface area contributed by atoms with Crippen LogP contribution in [0.3, 0.4) is 0 Å². The molecule has 0 radical (unpaired) electrons. The Labute approximate surface area is 221 Å². The number of benzene rings is 2. The van der Waals surface area contributed by atoms with Crippen LogP contribution < -0.4 is 10.2 Å². The van der Waals surface area contributed by atoms with Crippen molar-refractivity contribution in [2.24, 2.45) is 5.10 Å². The number of carbonyl (C=O) groups excluding carboxylic acids is 1. The summed E-state index contributed by atoms with van der Waals surface area (Å²) in [5.74, 6) is 1.30. The fourth-order valence-corrected chi connectivity index (χ4v) is 4.29. The zero-order valence-corrected chi connectivity index (χ0v) is 22.2. The van der Waals surface area contributed by atoms with Crippen molar-refractivity contribution in [1.29, 1.82) is 0 Å². The molecule has 0 saturated carbocycles. The van der Waals surface area contributed by atoms with Crippen LogP contribution in [-0.4, -0.2) is 44.2 Å². The van der Waals surface area contributed by atoms with Crippen LogP contribution in [0.25, 0.3) is 17.1 Å². The monoisotopic (exact) mass is 514 g/mol. The average molecular weight is 515 g/mol. The first-order valence-electron chi connectivity index (χ1n) is 12.0. The first kappa shape index (κ1) is 26.1. The third-order valence-electron chi connectivity index (χ3n) is 5.47. The minimum absolute atomic E-state index is 0.0872. The summed E-state index contributed by atoms with van der Waals surface area (Å²) >= 11 is 1.28. The molecule has 37 heavy (non-hydrogen) atoms. The maximum Gasteiger partial charge on any atom is 0.250 e. The Bertz CT molecular complexity index is 1340. The van der Waals surface area contributed by atoms with Gasteiger partial charge in [0.15, 0.2) is 11.0 Å². The number of rotatable bonds is 9. The number of thioether (sulfide) groups is 1. The number of ether oxygens (including phenoxy) is 1. The summed E-state index contributed by atoms with van der Waals surface area (Å²) < 4.78 is 7.48. The van der Waals surface area contributed by atoms with Crippen LogP contribution in [0.1, 0.15) is 38.8 Å². The van der Waals surface area contributed by atoms with Gasteiger partial charge in [0, 0.05) is 23.6 Å². The van der Waals surface area contributed by atoms with Gasteiger partial charge in [0.25, 0.3) is 5.91 Å². The highest BCUT2D eigenvalue weighted by Crippen LogP contribution is 2.28. The van der Waals surface area contributed by atoms with Gasteiger partial charge in [-0.05, 0) is 59.9 Å². The third-order valence-corrected chi connectivity index (χ3v) is 6.40. The molecule has 0 saturated heterocycles. The van der Waals surface area contributed by atoms with E-state index in [-0.39, 0.29) is 17.1 Å². The van der Waals surface area contributed by atoms with E-state index in [0.717, 1.165) is 22.6 Å². The van der Waals surface area contributed by atoms with Crippen LogP contribution in [0.5, 0.6) is 5.75 Å². The Morgan fingerprint density at radius 3 is 2.49 bits per heavy atom. The van der Waals surface area contributed by atoms with E-state index in [4.69, 9.17) is 4.74 Å². The second-order valence-corrected chi connectivity index (χ2v) is 10.2. The minimum atomic E-state index is -0.239. The fraction of sp³-hybridized carbons (Fsp3) is 0.250. The number of amides is 1. The van der Waals surface area contributed by atoms with Crippen molar-refractivity contribution in [3.8, 4) is 22.8 Å². The molecule has 0 unspecified atom stereocenters. The van der Waals surface area contributed by atoms with Crippen LogP contribution in [0.15, 0.2) is 83.3 Å². The molecule has 190 valence electrons. The van der Waals surface area contributed by atoms with E-state index in [9.17, 15) is 4.79 Å². The molecule has 1 N–H and O–H groups in total. The second kappa shape index (κ2) is 11.8. The number of hydrogen-bond donors (Lipinski definition) is 1. The van der Waals surface area contributed by atoms with Gasteiger partial charge in [0.2, 0.25) is 0 Å². The largest absolute Gasteiger partial charge is 0.494 e. The molecule has 0 atom stereocenters. The summed E-state index contributed by atoms with van der Waals surface area (Å²) in [6.45, 7) is 9.05. The van der Waals surface area contributed by atoms with Gasteiger partial charge >= 0.3 is 0 Å². The standard InChI is InChI=1S/C28H30N6O2S/c1-5-36-24-14-12-23(13-15-24)34-26(21-7-6-16-29-18-21)32-33-27(34)37-19-25(35)31-30-17-20-8-10-22(11-9-20)28(2,3)4/h6-18H,5,19H2,1-4H3,(H,31,35)/b30-17+. The molecule has 9 heteroatoms. The van der Waals surface area contributed by atoms with Gasteiger partial charge < -0.3 is 4.74 Å². The summed E-state index contributed by atoms with van der Waals surface area (Å²) in [4.78, 5) is 16.7. The number of nitrogens with one attached hydrogen (secondary N) is 1. The van der Waals surface area contributed by atoms with Gasteiger partial charge in [0.05, 0.1) is 18.6 Å². The third kappa shape index (κ3) is 6.83. The minimum Gasteiger partial charge on any atom is -0.494 e. The number of pyridine rings is 1. The maximum absolute atomic E-state index is 12.5. The maximum atomic E-state index is 12.5. The van der Waals surface area contributed by atoms with Gasteiger partial charge in [-0.3, -0.25) is 14.3 Å². The Morgan fingerprint density at radius 2 is 1.84 bits per heavy atom. The summed E-state index contributed by atoms with van der Waals surface area (Å²) in [6, 6.07) is 19.6. The molecule has 0 bridgehead atoms. The lowest BCUT2D eigenvalue weighted by Gasteiger charge is -2.18. The quantitative estimate of drug-likeness (QED) is 0.186. The highest BCUT2D eigenvalue weighted by atomic mass is 32.2. The molecule has 4 rings (SSSR count). The van der Waals surface area contributed by atoms with Crippen molar-refractivity contribution < 1.29 is 9.53 Å². The zero-order valence-electron chi connectivity index (χ0n) is 21.4. The van der Waals surface area contributed by atoms with Crippen LogP contribution in [0.2, 0.25) is 0 Å². The van der Waals surface area contributed by atoms with E-state index >= 15 is 0 Å². The van der Waals surface area contributed by atoms with E-state index in [0.29, 0.717) is 17.6 Å². The van der Waals surface area contributed by atoms with Gasteiger partial charge in [-0.1, -0.05) is 56.8 Å². The molecule has 0 fully saturated rings. The molecular formula is C28H30N6O2S. The Hall–Kier alpha value is -3.98. The van der Waals surface area contributed by atoms with Gasteiger partial charge in [-0.2, -0.15) is 5.10 Å². The predicted molar refractivity (Wildman–Crippen MR) is 147 cm³/mol. The SMILES string of the molecule is CCOc1ccc(-n2c(SCC(=O)N/N=C/c3ccc(C(C)(C)C)cc3)nnc2-c2cccnc2)cc1. The van der Waals surface area contributed by atoms with Crippen molar-refractivity contribution in [2.45, 2.75) is 38.3 Å². The smallest absolute Gasteiger partial charge is 0.250 e. The van der Waals surface area contributed by atoms with E-state index in [1.165, 1.54) is 17.3 Å². The van der Waals surface area contributed by atoms with Crippen LogP contribution >= 0.6 is 11.8 Å². The topological polar surface area (TPSA) is 94.3 Å². The lowest BCUT2D eigenvalue weighted by Crippen LogP contribution is -2.20. The first-order valence-corrected chi connectivity index (χ1v) is 13.0. The predicted octanol–water partition coefficient (Wildman–Crippen LogP) is 5.27. The molecule has 8 nitrogen and oxygen atoms in total. The molecule has 4 aromatic rings. The average Bonchev–Trinajstić information content (AvgIpc) is 3.32. The molecule has 0 spiro atoms. The number of carbonyl (C=O) groups is 1. The number of nitrogens with zero attached hydrogens (tertiary/aromatic N) is 5. The Kier molecular flexibility index (Phi) is 8.35. The zero-order chi connectivity index (χ0) is 26.3. The fourth-order valence-electron chi connectivity index (χ4n) is 3.55. The molecular weight excluding hydrogens is 484 g/mol. The Balaban J connectivity index is 1.46. The summed E-state index contributed by atoms with van der Waals surface area (Å²) in [7, 11) is 0. The van der Waals surface area contributed by atoms with E-state index < -0.39 is 0 Å². The van der Waals surface area contributed by atoms with Crippen LogP contribution in [0, 0.1) is 0 Å². The second-order valence-electron chi connectivity index (χ2n) is 9.26. The molecule has 0 aliphatic rings.